The molecule has 3 atom stereocenters. The van der Waals surface area contributed by atoms with E-state index in [0.717, 1.165) is 36.7 Å². The van der Waals surface area contributed by atoms with Crippen LogP contribution in [0.3, 0.4) is 0 Å². The Kier molecular flexibility index (Phi) is 6.34. The standard InChI is InChI=1S/C28H27F5N4O/c1-15-6-8-37-22(13-18-14-34-7-9-38-18)27(36-24(37)10-15)25-20(29)11-17(12-21(25)30)26-19-4-2-16(19)3-5-23(35-26)28(31,32)33/h5-6,8,10-12,16,18-19,34H,2-4,7,9,13-14H2,1H3/t16?,18-,19?/m0/s1. The number of hydrogen-bond donors (Lipinski definition) is 1. The number of imidazole rings is 1. The maximum atomic E-state index is 15.8. The van der Waals surface area contributed by atoms with Gasteiger partial charge in [-0.3, -0.25) is 0 Å². The number of pyridine rings is 1. The third kappa shape index (κ3) is 4.53. The Bertz CT molecular complexity index is 1430. The summed E-state index contributed by atoms with van der Waals surface area (Å²) < 4.78 is 79.8. The van der Waals surface area contributed by atoms with Crippen molar-refractivity contribution in [3.63, 3.8) is 0 Å². The van der Waals surface area contributed by atoms with E-state index in [0.29, 0.717) is 37.3 Å². The summed E-state index contributed by atoms with van der Waals surface area (Å²) >= 11 is 0. The van der Waals surface area contributed by atoms with E-state index in [1.54, 1.807) is 0 Å². The van der Waals surface area contributed by atoms with Crippen molar-refractivity contribution >= 4 is 11.4 Å². The molecular weight excluding hydrogens is 503 g/mol. The highest BCUT2D eigenvalue weighted by molar-refractivity contribution is 6.04. The van der Waals surface area contributed by atoms with Gasteiger partial charge in [-0.2, -0.15) is 13.2 Å². The lowest BCUT2D eigenvalue weighted by molar-refractivity contribution is -0.0925. The SMILES string of the molecule is Cc1ccn2c(C[C@H]3CNCCO3)c(-c3c(F)cc(C4=NC(C(F)(F)F)=CCC5CCC45)cc3F)nc2c1. The third-order valence-corrected chi connectivity index (χ3v) is 7.79. The van der Waals surface area contributed by atoms with Crippen molar-refractivity contribution in [3.8, 4) is 11.3 Å². The molecule has 1 aliphatic carbocycles. The number of aliphatic imine (C=N–C) groups is 1. The number of fused-ring (bicyclic) bond motifs is 2. The molecule has 4 heterocycles. The summed E-state index contributed by atoms with van der Waals surface area (Å²) in [5, 5.41) is 3.26. The van der Waals surface area contributed by atoms with Crippen molar-refractivity contribution in [1.29, 1.82) is 0 Å². The Morgan fingerprint density at radius 2 is 1.92 bits per heavy atom. The van der Waals surface area contributed by atoms with E-state index in [4.69, 9.17) is 4.74 Å². The monoisotopic (exact) mass is 530 g/mol. The maximum absolute atomic E-state index is 15.8. The van der Waals surface area contributed by atoms with Crippen molar-refractivity contribution in [2.24, 2.45) is 16.8 Å². The van der Waals surface area contributed by atoms with Crippen LogP contribution in [0.1, 0.15) is 36.1 Å². The molecule has 2 aliphatic heterocycles. The molecule has 1 N–H and O–H groups in total. The Hall–Kier alpha value is -3.11. The molecule has 0 bridgehead atoms. The van der Waals surface area contributed by atoms with Crippen LogP contribution >= 0.6 is 0 Å². The van der Waals surface area contributed by atoms with Crippen molar-refractivity contribution in [2.45, 2.75) is 44.9 Å². The Morgan fingerprint density at radius 3 is 2.58 bits per heavy atom. The van der Waals surface area contributed by atoms with E-state index >= 15 is 8.78 Å². The van der Waals surface area contributed by atoms with Crippen LogP contribution in [-0.2, 0) is 11.2 Å². The molecule has 0 amide bonds. The van der Waals surface area contributed by atoms with Crippen LogP contribution in [0, 0.1) is 30.4 Å². The summed E-state index contributed by atoms with van der Waals surface area (Å²) in [6.45, 7) is 3.77. The second-order valence-electron chi connectivity index (χ2n) is 10.3. The van der Waals surface area contributed by atoms with Gasteiger partial charge in [0.15, 0.2) is 0 Å². The van der Waals surface area contributed by atoms with Gasteiger partial charge in [0.2, 0.25) is 0 Å². The molecule has 2 aromatic heterocycles. The van der Waals surface area contributed by atoms with Gasteiger partial charge in [-0.15, -0.1) is 0 Å². The van der Waals surface area contributed by atoms with E-state index in [9.17, 15) is 13.2 Å². The minimum Gasteiger partial charge on any atom is -0.375 e. The van der Waals surface area contributed by atoms with Gasteiger partial charge < -0.3 is 14.5 Å². The summed E-state index contributed by atoms with van der Waals surface area (Å²) in [4.78, 5) is 8.49. The fraction of sp³-hybridized carbons (Fsp3) is 0.429. The first-order valence-corrected chi connectivity index (χ1v) is 12.8. The van der Waals surface area contributed by atoms with E-state index in [-0.39, 0.29) is 46.9 Å². The molecule has 0 spiro atoms. The fourth-order valence-corrected chi connectivity index (χ4v) is 5.70. The lowest BCUT2D eigenvalue weighted by Gasteiger charge is -2.36. The largest absolute Gasteiger partial charge is 0.433 e. The zero-order valence-corrected chi connectivity index (χ0v) is 20.8. The summed E-state index contributed by atoms with van der Waals surface area (Å²) in [5.74, 6) is -2.05. The number of rotatable bonds is 4. The molecule has 2 unspecified atom stereocenters. The van der Waals surface area contributed by atoms with Crippen molar-refractivity contribution in [2.75, 3.05) is 19.7 Å². The van der Waals surface area contributed by atoms with Crippen LogP contribution in [0.4, 0.5) is 22.0 Å². The summed E-state index contributed by atoms with van der Waals surface area (Å²) in [5.41, 5.74) is 1.08. The highest BCUT2D eigenvalue weighted by Gasteiger charge is 2.41. The lowest BCUT2D eigenvalue weighted by Crippen LogP contribution is -2.39. The molecule has 1 aromatic carbocycles. The van der Waals surface area contributed by atoms with Gasteiger partial charge in [0.25, 0.3) is 0 Å². The average molecular weight is 531 g/mol. The molecular formula is C28H27F5N4O. The summed E-state index contributed by atoms with van der Waals surface area (Å²) in [6, 6.07) is 5.93. The van der Waals surface area contributed by atoms with Crippen molar-refractivity contribution < 1.29 is 26.7 Å². The molecule has 38 heavy (non-hydrogen) atoms. The van der Waals surface area contributed by atoms with Crippen LogP contribution < -0.4 is 5.32 Å². The highest BCUT2D eigenvalue weighted by atomic mass is 19.4. The number of allylic oxidation sites excluding steroid dienone is 2. The molecule has 3 aromatic rings. The Balaban J connectivity index is 1.45. The normalized spacial score (nSPS) is 23.9. The van der Waals surface area contributed by atoms with E-state index in [2.05, 4.69) is 15.3 Å². The number of nitrogens with one attached hydrogen (secondary N) is 1. The zero-order valence-electron chi connectivity index (χ0n) is 20.8. The smallest absolute Gasteiger partial charge is 0.375 e. The number of ether oxygens (including phenoxy) is 1. The summed E-state index contributed by atoms with van der Waals surface area (Å²) in [6.07, 6.45) is 0.108. The van der Waals surface area contributed by atoms with Gasteiger partial charge in [0, 0.05) is 37.2 Å². The minimum absolute atomic E-state index is 0.0169. The molecule has 6 rings (SSSR count). The van der Waals surface area contributed by atoms with Crippen LogP contribution in [-0.4, -0.2) is 47.1 Å². The van der Waals surface area contributed by atoms with Gasteiger partial charge in [-0.1, -0.05) is 6.08 Å². The number of benzene rings is 1. The van der Waals surface area contributed by atoms with Crippen LogP contribution in [0.25, 0.3) is 16.9 Å². The second-order valence-corrected chi connectivity index (χ2v) is 10.3. The quantitative estimate of drug-likeness (QED) is 0.435. The molecule has 200 valence electrons. The molecule has 1 saturated heterocycles. The van der Waals surface area contributed by atoms with Crippen LogP contribution in [0.2, 0.25) is 0 Å². The summed E-state index contributed by atoms with van der Waals surface area (Å²) in [7, 11) is 0. The number of halogens is 5. The molecule has 3 aliphatic rings. The number of morpholine rings is 1. The highest BCUT2D eigenvalue weighted by Crippen LogP contribution is 2.44. The van der Waals surface area contributed by atoms with Crippen LogP contribution in [0.15, 0.2) is 47.2 Å². The average Bonchev–Trinajstić information content (AvgIpc) is 3.10. The molecule has 2 fully saturated rings. The van der Waals surface area contributed by atoms with E-state index in [1.165, 1.54) is 0 Å². The topological polar surface area (TPSA) is 50.9 Å². The predicted molar refractivity (Wildman–Crippen MR) is 133 cm³/mol. The lowest BCUT2D eigenvalue weighted by atomic mass is 9.68. The molecule has 5 nitrogen and oxygen atoms in total. The number of nitrogens with zero attached hydrogens (tertiary/aromatic N) is 3. The predicted octanol–water partition coefficient (Wildman–Crippen LogP) is 5.78. The van der Waals surface area contributed by atoms with E-state index in [1.807, 2.05) is 29.7 Å². The molecule has 1 saturated carbocycles. The Labute approximate surface area is 216 Å². The molecule has 10 heteroatoms. The number of aromatic nitrogens is 2. The van der Waals surface area contributed by atoms with Crippen molar-refractivity contribution in [1.82, 2.24) is 14.7 Å². The van der Waals surface area contributed by atoms with Gasteiger partial charge >= 0.3 is 6.18 Å². The van der Waals surface area contributed by atoms with Gasteiger partial charge in [-0.25, -0.2) is 18.8 Å². The van der Waals surface area contributed by atoms with E-state index < -0.39 is 23.5 Å². The Morgan fingerprint density at radius 1 is 1.13 bits per heavy atom. The number of hydrogen-bond acceptors (Lipinski definition) is 4. The van der Waals surface area contributed by atoms with Gasteiger partial charge in [0.05, 0.1) is 35.4 Å². The van der Waals surface area contributed by atoms with Crippen molar-refractivity contribution in [3.05, 3.63) is 70.7 Å². The minimum atomic E-state index is -4.63. The van der Waals surface area contributed by atoms with Gasteiger partial charge in [0.1, 0.15) is 23.0 Å². The first-order valence-electron chi connectivity index (χ1n) is 12.8. The fourth-order valence-electron chi connectivity index (χ4n) is 5.70. The van der Waals surface area contributed by atoms with Gasteiger partial charge in [-0.05, 0) is 61.9 Å². The zero-order chi connectivity index (χ0) is 26.6. The third-order valence-electron chi connectivity index (χ3n) is 7.79. The first-order chi connectivity index (χ1) is 18.2. The number of alkyl halides is 3. The van der Waals surface area contributed by atoms with Crippen LogP contribution in [0.5, 0.6) is 0 Å². The number of aryl methyl sites for hydroxylation is 1. The second kappa shape index (κ2) is 9.57. The molecule has 0 radical (unpaired) electrons. The maximum Gasteiger partial charge on any atom is 0.433 e. The first kappa shape index (κ1) is 25.2.